The van der Waals surface area contributed by atoms with Crippen LogP contribution < -0.4 is 20.2 Å². The summed E-state index contributed by atoms with van der Waals surface area (Å²) in [5.41, 5.74) is 4.17. The molecule has 0 atom stereocenters. The fourth-order valence-corrected chi connectivity index (χ4v) is 2.79. The second-order valence-electron chi connectivity index (χ2n) is 5.69. The molecular weight excluding hydrogens is 282 g/mol. The van der Waals surface area contributed by atoms with E-state index in [0.29, 0.717) is 5.75 Å². The zero-order chi connectivity index (χ0) is 15.4. The molecule has 0 bridgehead atoms. The predicted octanol–water partition coefficient (Wildman–Crippen LogP) is 2.77. The fraction of sp³-hybridized carbons (Fsp3) is 0.500. The van der Waals surface area contributed by atoms with Gasteiger partial charge in [-0.05, 0) is 38.0 Å². The molecule has 6 nitrogen and oxygen atoms in total. The maximum atomic E-state index is 11.9. The smallest absolute Gasteiger partial charge is 0.335 e. The minimum Gasteiger partial charge on any atom is -0.454 e. The third kappa shape index (κ3) is 3.50. The van der Waals surface area contributed by atoms with Crippen LogP contribution in [-0.2, 0) is 0 Å². The lowest BCUT2D eigenvalue weighted by molar-refractivity contribution is 0.174. The van der Waals surface area contributed by atoms with Crippen molar-refractivity contribution in [2.24, 2.45) is 5.10 Å². The minimum atomic E-state index is -0.244. The number of nitrogens with one attached hydrogen (secondary N) is 2. The van der Waals surface area contributed by atoms with Gasteiger partial charge >= 0.3 is 6.03 Å². The van der Waals surface area contributed by atoms with Gasteiger partial charge in [0.2, 0.25) is 6.79 Å². The van der Waals surface area contributed by atoms with E-state index in [1.807, 2.05) is 25.1 Å². The van der Waals surface area contributed by atoms with Gasteiger partial charge in [0, 0.05) is 11.6 Å². The summed E-state index contributed by atoms with van der Waals surface area (Å²) in [6.45, 7) is 2.09. The molecule has 118 valence electrons. The lowest BCUT2D eigenvalue weighted by atomic mass is 9.96. The number of carbonyl (C=O) groups excluding carboxylic acids is 1. The first-order valence-corrected chi connectivity index (χ1v) is 7.73. The number of nitrogens with zero attached hydrogens (tertiary/aromatic N) is 1. The molecule has 0 aromatic heterocycles. The Morgan fingerprint density at radius 3 is 2.77 bits per heavy atom. The van der Waals surface area contributed by atoms with E-state index < -0.39 is 0 Å². The van der Waals surface area contributed by atoms with Crippen LogP contribution in [0.1, 0.15) is 44.6 Å². The zero-order valence-electron chi connectivity index (χ0n) is 12.7. The zero-order valence-corrected chi connectivity index (χ0v) is 12.7. The van der Waals surface area contributed by atoms with Gasteiger partial charge in [0.25, 0.3) is 0 Å². The van der Waals surface area contributed by atoms with Gasteiger partial charge in [-0.15, -0.1) is 0 Å². The Labute approximate surface area is 129 Å². The van der Waals surface area contributed by atoms with Crippen LogP contribution in [0.5, 0.6) is 11.5 Å². The van der Waals surface area contributed by atoms with Crippen molar-refractivity contribution in [1.29, 1.82) is 0 Å². The summed E-state index contributed by atoms with van der Waals surface area (Å²) in [6, 6.07) is 5.63. The summed E-state index contributed by atoms with van der Waals surface area (Å²) in [4.78, 5) is 11.9. The number of hydrogen-bond donors (Lipinski definition) is 2. The Kier molecular flexibility index (Phi) is 4.46. The van der Waals surface area contributed by atoms with E-state index in [1.165, 1.54) is 19.3 Å². The molecule has 0 radical (unpaired) electrons. The van der Waals surface area contributed by atoms with Crippen molar-refractivity contribution >= 4 is 11.7 Å². The normalized spacial score (nSPS) is 18.1. The predicted molar refractivity (Wildman–Crippen MR) is 83.3 cm³/mol. The van der Waals surface area contributed by atoms with Crippen molar-refractivity contribution in [2.75, 3.05) is 6.79 Å². The Hall–Kier alpha value is -2.24. The van der Waals surface area contributed by atoms with Crippen molar-refractivity contribution in [3.63, 3.8) is 0 Å². The van der Waals surface area contributed by atoms with Gasteiger partial charge in [0.1, 0.15) is 0 Å². The molecule has 1 aliphatic carbocycles. The number of ether oxygens (including phenoxy) is 2. The van der Waals surface area contributed by atoms with Crippen LogP contribution in [0.3, 0.4) is 0 Å². The number of carbonyl (C=O) groups is 1. The van der Waals surface area contributed by atoms with E-state index in [4.69, 9.17) is 9.47 Å². The van der Waals surface area contributed by atoms with Crippen molar-refractivity contribution in [1.82, 2.24) is 10.7 Å². The highest BCUT2D eigenvalue weighted by molar-refractivity contribution is 5.99. The minimum absolute atomic E-state index is 0.244. The van der Waals surface area contributed by atoms with E-state index in [-0.39, 0.29) is 18.9 Å². The van der Waals surface area contributed by atoms with E-state index in [2.05, 4.69) is 15.8 Å². The van der Waals surface area contributed by atoms with Crippen LogP contribution in [0.15, 0.2) is 23.3 Å². The summed E-state index contributed by atoms with van der Waals surface area (Å²) < 4.78 is 10.6. The maximum Gasteiger partial charge on any atom is 0.335 e. The standard InChI is InChI=1S/C16H21N3O3/c1-11(12-7-8-14-15(9-12)22-10-21-14)18-19-16(20)17-13-5-3-2-4-6-13/h7-9,13H,2-6,10H2,1H3,(H2,17,19,20). The average Bonchev–Trinajstić information content (AvgIpc) is 3.01. The average molecular weight is 303 g/mol. The quantitative estimate of drug-likeness (QED) is 0.666. The Bertz CT molecular complexity index is 580. The molecule has 6 heteroatoms. The second kappa shape index (κ2) is 6.68. The molecule has 2 N–H and O–H groups in total. The summed E-state index contributed by atoms with van der Waals surface area (Å²) in [5, 5.41) is 7.11. The van der Waals surface area contributed by atoms with Crippen LogP contribution in [0.4, 0.5) is 4.79 Å². The molecule has 1 heterocycles. The number of hydrogen-bond acceptors (Lipinski definition) is 4. The summed E-state index contributed by atoms with van der Waals surface area (Å²) in [6.07, 6.45) is 5.74. The number of urea groups is 1. The highest BCUT2D eigenvalue weighted by Gasteiger charge is 2.16. The maximum absolute atomic E-state index is 11.9. The van der Waals surface area contributed by atoms with Crippen LogP contribution in [0, 0.1) is 0 Å². The van der Waals surface area contributed by atoms with Crippen molar-refractivity contribution in [3.05, 3.63) is 23.8 Å². The van der Waals surface area contributed by atoms with Crippen LogP contribution in [0.25, 0.3) is 0 Å². The molecule has 0 unspecified atom stereocenters. The van der Waals surface area contributed by atoms with Crippen LogP contribution >= 0.6 is 0 Å². The molecule has 0 saturated heterocycles. The Balaban J connectivity index is 1.56. The molecule has 1 aromatic rings. The van der Waals surface area contributed by atoms with E-state index >= 15 is 0 Å². The van der Waals surface area contributed by atoms with Crippen molar-refractivity contribution in [3.8, 4) is 11.5 Å². The van der Waals surface area contributed by atoms with Gasteiger partial charge in [0.15, 0.2) is 11.5 Å². The van der Waals surface area contributed by atoms with Crippen molar-refractivity contribution in [2.45, 2.75) is 45.1 Å². The van der Waals surface area contributed by atoms with Gasteiger partial charge in [-0.25, -0.2) is 10.2 Å². The lowest BCUT2D eigenvalue weighted by Gasteiger charge is -2.22. The first-order valence-electron chi connectivity index (χ1n) is 7.73. The van der Waals surface area contributed by atoms with Crippen LogP contribution in [-0.4, -0.2) is 24.6 Å². The van der Waals surface area contributed by atoms with Gasteiger partial charge in [0.05, 0.1) is 5.71 Å². The summed E-state index contributed by atoms with van der Waals surface area (Å²) in [7, 11) is 0. The lowest BCUT2D eigenvalue weighted by Crippen LogP contribution is -2.41. The first kappa shape index (κ1) is 14.7. The molecule has 22 heavy (non-hydrogen) atoms. The number of amides is 2. The SMILES string of the molecule is CC(=NNC(=O)NC1CCCCC1)c1ccc2c(c1)OCO2. The fourth-order valence-electron chi connectivity index (χ4n) is 2.79. The number of hydrazone groups is 1. The second-order valence-corrected chi connectivity index (χ2v) is 5.69. The van der Waals surface area contributed by atoms with Crippen LogP contribution in [0.2, 0.25) is 0 Å². The molecule has 2 amide bonds. The largest absolute Gasteiger partial charge is 0.454 e. The Morgan fingerprint density at radius 1 is 1.18 bits per heavy atom. The number of rotatable bonds is 3. The monoisotopic (exact) mass is 303 g/mol. The number of fused-ring (bicyclic) bond motifs is 1. The van der Waals surface area contributed by atoms with Gasteiger partial charge < -0.3 is 14.8 Å². The summed E-state index contributed by atoms with van der Waals surface area (Å²) in [5.74, 6) is 1.44. The number of benzene rings is 1. The van der Waals surface area contributed by atoms with E-state index in [0.717, 1.165) is 29.9 Å². The third-order valence-corrected chi connectivity index (χ3v) is 4.06. The molecular formula is C16H21N3O3. The van der Waals surface area contributed by atoms with Crippen molar-refractivity contribution < 1.29 is 14.3 Å². The van der Waals surface area contributed by atoms with Gasteiger partial charge in [-0.2, -0.15) is 5.10 Å². The van der Waals surface area contributed by atoms with Gasteiger partial charge in [-0.1, -0.05) is 19.3 Å². The Morgan fingerprint density at radius 2 is 1.95 bits per heavy atom. The highest BCUT2D eigenvalue weighted by atomic mass is 16.7. The first-order chi connectivity index (χ1) is 10.7. The van der Waals surface area contributed by atoms with Gasteiger partial charge in [-0.3, -0.25) is 0 Å². The van der Waals surface area contributed by atoms with E-state index in [9.17, 15) is 4.79 Å². The molecule has 2 aliphatic rings. The van der Waals surface area contributed by atoms with E-state index in [1.54, 1.807) is 0 Å². The molecule has 1 saturated carbocycles. The summed E-state index contributed by atoms with van der Waals surface area (Å²) >= 11 is 0. The molecule has 1 fully saturated rings. The topological polar surface area (TPSA) is 72.0 Å². The molecule has 1 aromatic carbocycles. The molecule has 1 aliphatic heterocycles. The molecule has 0 spiro atoms. The third-order valence-electron chi connectivity index (χ3n) is 4.06. The highest BCUT2D eigenvalue weighted by Crippen LogP contribution is 2.32. The molecule has 3 rings (SSSR count).